The van der Waals surface area contributed by atoms with Gasteiger partial charge in [0.25, 0.3) is 0 Å². The van der Waals surface area contributed by atoms with Crippen LogP contribution in [0, 0.1) is 0 Å². The van der Waals surface area contributed by atoms with E-state index in [1.807, 2.05) is 24.3 Å². The molecule has 0 unspecified atom stereocenters. The zero-order valence-corrected chi connectivity index (χ0v) is 16.7. The number of aliphatic hydroxyl groups is 1. The quantitative estimate of drug-likeness (QED) is 0.727. The van der Waals surface area contributed by atoms with Crippen molar-refractivity contribution in [3.05, 3.63) is 53.6 Å². The minimum atomic E-state index is 0.168. The lowest BCUT2D eigenvalue weighted by Gasteiger charge is -2.41. The number of hydrogen-bond donors (Lipinski definition) is 2. The molecule has 1 aliphatic heterocycles. The molecule has 0 spiro atoms. The molecule has 2 N–H and O–H groups in total. The second-order valence-corrected chi connectivity index (χ2v) is 7.22. The van der Waals surface area contributed by atoms with Crippen molar-refractivity contribution in [1.82, 2.24) is 9.80 Å². The lowest BCUT2D eigenvalue weighted by molar-refractivity contribution is 0.0496. The zero-order valence-electron chi connectivity index (χ0n) is 16.7. The van der Waals surface area contributed by atoms with Crippen LogP contribution in [0.3, 0.4) is 0 Å². The molecule has 2 aromatic rings. The van der Waals surface area contributed by atoms with Crippen molar-refractivity contribution in [2.45, 2.75) is 25.6 Å². The Morgan fingerprint density at radius 2 is 1.79 bits per heavy atom. The normalized spacial score (nSPS) is 18.2. The third-order valence-electron chi connectivity index (χ3n) is 5.36. The highest BCUT2D eigenvalue weighted by molar-refractivity contribution is 5.39. The van der Waals surface area contributed by atoms with Crippen LogP contribution in [-0.2, 0) is 13.1 Å². The summed E-state index contributed by atoms with van der Waals surface area (Å²) in [4.78, 5) is 4.76. The molecular formula is C22H30N2O4. The number of hydrogen-bond acceptors (Lipinski definition) is 6. The van der Waals surface area contributed by atoms with Crippen molar-refractivity contribution in [2.24, 2.45) is 0 Å². The number of aromatic hydroxyl groups is 1. The second-order valence-electron chi connectivity index (χ2n) is 7.22. The largest absolute Gasteiger partial charge is 0.507 e. The first-order chi connectivity index (χ1) is 13.6. The molecule has 0 bridgehead atoms. The van der Waals surface area contributed by atoms with Crippen LogP contribution in [0.4, 0.5) is 0 Å². The van der Waals surface area contributed by atoms with Crippen LogP contribution in [0.1, 0.15) is 17.5 Å². The highest BCUT2D eigenvalue weighted by Gasteiger charge is 2.27. The SMILES string of the molecule is COc1cccc(CN2CCN(Cc3ccc(OC)cc3O)C[C@@H]2CCO)c1. The van der Waals surface area contributed by atoms with Crippen molar-refractivity contribution in [1.29, 1.82) is 0 Å². The maximum absolute atomic E-state index is 10.2. The van der Waals surface area contributed by atoms with Gasteiger partial charge < -0.3 is 19.7 Å². The lowest BCUT2D eigenvalue weighted by Crippen LogP contribution is -2.52. The summed E-state index contributed by atoms with van der Waals surface area (Å²) in [6, 6.07) is 13.9. The van der Waals surface area contributed by atoms with E-state index in [4.69, 9.17) is 9.47 Å². The summed E-state index contributed by atoms with van der Waals surface area (Å²) in [7, 11) is 3.27. The Hall–Kier alpha value is -2.28. The van der Waals surface area contributed by atoms with E-state index < -0.39 is 0 Å². The molecule has 0 aliphatic carbocycles. The van der Waals surface area contributed by atoms with Crippen LogP contribution in [0.5, 0.6) is 17.2 Å². The molecule has 152 valence electrons. The Kier molecular flexibility index (Phi) is 7.14. The highest BCUT2D eigenvalue weighted by atomic mass is 16.5. The van der Waals surface area contributed by atoms with Gasteiger partial charge in [-0.15, -0.1) is 0 Å². The van der Waals surface area contributed by atoms with E-state index >= 15 is 0 Å². The van der Waals surface area contributed by atoms with Crippen molar-refractivity contribution < 1.29 is 19.7 Å². The smallest absolute Gasteiger partial charge is 0.123 e. The van der Waals surface area contributed by atoms with Gasteiger partial charge in [-0.25, -0.2) is 0 Å². The van der Waals surface area contributed by atoms with E-state index in [0.717, 1.165) is 43.9 Å². The van der Waals surface area contributed by atoms with E-state index in [9.17, 15) is 10.2 Å². The van der Waals surface area contributed by atoms with E-state index in [1.165, 1.54) is 5.56 Å². The number of phenolic OH excluding ortho intramolecular Hbond substituents is 1. The third-order valence-corrected chi connectivity index (χ3v) is 5.36. The molecule has 0 aromatic heterocycles. The highest BCUT2D eigenvalue weighted by Crippen LogP contribution is 2.26. The number of piperazine rings is 1. The van der Waals surface area contributed by atoms with Gasteiger partial charge in [0.2, 0.25) is 0 Å². The van der Waals surface area contributed by atoms with Crippen LogP contribution in [0.2, 0.25) is 0 Å². The maximum Gasteiger partial charge on any atom is 0.123 e. The maximum atomic E-state index is 10.2. The fourth-order valence-corrected chi connectivity index (χ4v) is 3.78. The van der Waals surface area contributed by atoms with Gasteiger partial charge in [0.1, 0.15) is 17.2 Å². The molecule has 6 nitrogen and oxygen atoms in total. The average molecular weight is 386 g/mol. The van der Waals surface area contributed by atoms with Gasteiger partial charge >= 0.3 is 0 Å². The molecule has 1 saturated heterocycles. The first-order valence-electron chi connectivity index (χ1n) is 9.69. The number of methoxy groups -OCH3 is 2. The first kappa shape index (κ1) is 20.5. The third kappa shape index (κ3) is 5.16. The summed E-state index contributed by atoms with van der Waals surface area (Å²) in [5.74, 6) is 1.78. The average Bonchev–Trinajstić information content (AvgIpc) is 2.71. The summed E-state index contributed by atoms with van der Waals surface area (Å²) >= 11 is 0. The number of phenols is 1. The van der Waals surface area contributed by atoms with Crippen LogP contribution < -0.4 is 9.47 Å². The van der Waals surface area contributed by atoms with Gasteiger partial charge in [-0.3, -0.25) is 9.80 Å². The summed E-state index contributed by atoms with van der Waals surface area (Å²) < 4.78 is 10.5. The predicted molar refractivity (Wildman–Crippen MR) is 109 cm³/mol. The Morgan fingerprint density at radius 3 is 2.50 bits per heavy atom. The molecule has 28 heavy (non-hydrogen) atoms. The predicted octanol–water partition coefficient (Wildman–Crippen LogP) is 2.48. The Labute approximate surface area is 166 Å². The van der Waals surface area contributed by atoms with E-state index in [1.54, 1.807) is 20.3 Å². The van der Waals surface area contributed by atoms with Crippen molar-refractivity contribution >= 4 is 0 Å². The molecule has 1 atom stereocenters. The standard InChI is InChI=1S/C22H30N2O4/c1-27-20-5-3-4-17(12-20)14-24-10-9-23(16-19(24)8-11-25)15-18-6-7-21(28-2)13-22(18)26/h3-7,12-13,19,25-26H,8-11,14-16H2,1-2H3/t19-/m0/s1. The van der Waals surface area contributed by atoms with Gasteiger partial charge in [-0.1, -0.05) is 18.2 Å². The number of ether oxygens (including phenoxy) is 2. The number of rotatable bonds is 8. The van der Waals surface area contributed by atoms with E-state index in [-0.39, 0.29) is 18.4 Å². The fourth-order valence-electron chi connectivity index (χ4n) is 3.78. The summed E-state index contributed by atoms with van der Waals surface area (Å²) in [6.07, 6.45) is 0.731. The molecule has 1 heterocycles. The molecule has 0 amide bonds. The zero-order chi connectivity index (χ0) is 19.9. The fraction of sp³-hybridized carbons (Fsp3) is 0.455. The summed E-state index contributed by atoms with van der Waals surface area (Å²) in [6.45, 7) is 4.38. The first-order valence-corrected chi connectivity index (χ1v) is 9.69. The van der Waals surface area contributed by atoms with Gasteiger partial charge in [0, 0.05) is 57.0 Å². The van der Waals surface area contributed by atoms with Gasteiger partial charge in [0.15, 0.2) is 0 Å². The van der Waals surface area contributed by atoms with Gasteiger partial charge in [0.05, 0.1) is 14.2 Å². The molecule has 3 rings (SSSR count). The van der Waals surface area contributed by atoms with Crippen LogP contribution in [-0.4, -0.2) is 66.5 Å². The minimum absolute atomic E-state index is 0.168. The van der Waals surface area contributed by atoms with Crippen LogP contribution in [0.25, 0.3) is 0 Å². The monoisotopic (exact) mass is 386 g/mol. The van der Waals surface area contributed by atoms with Crippen molar-refractivity contribution in [3.8, 4) is 17.2 Å². The molecular weight excluding hydrogens is 356 g/mol. The topological polar surface area (TPSA) is 65.4 Å². The van der Waals surface area contributed by atoms with Gasteiger partial charge in [-0.2, -0.15) is 0 Å². The lowest BCUT2D eigenvalue weighted by atomic mass is 10.1. The van der Waals surface area contributed by atoms with E-state index in [2.05, 4.69) is 21.9 Å². The Balaban J connectivity index is 1.64. The molecule has 1 fully saturated rings. The van der Waals surface area contributed by atoms with E-state index in [0.29, 0.717) is 12.3 Å². The molecule has 6 heteroatoms. The number of nitrogens with zero attached hydrogens (tertiary/aromatic N) is 2. The molecule has 1 aliphatic rings. The number of aliphatic hydroxyl groups excluding tert-OH is 1. The molecule has 2 aromatic carbocycles. The summed E-state index contributed by atoms with van der Waals surface area (Å²) in [5, 5.41) is 19.8. The minimum Gasteiger partial charge on any atom is -0.507 e. The summed E-state index contributed by atoms with van der Waals surface area (Å²) in [5.41, 5.74) is 2.10. The van der Waals surface area contributed by atoms with Crippen LogP contribution >= 0.6 is 0 Å². The Bertz CT molecular complexity index is 768. The number of benzene rings is 2. The Morgan fingerprint density at radius 1 is 1.00 bits per heavy atom. The van der Waals surface area contributed by atoms with Gasteiger partial charge in [-0.05, 0) is 30.2 Å². The van der Waals surface area contributed by atoms with Crippen molar-refractivity contribution in [2.75, 3.05) is 40.5 Å². The molecule has 0 radical (unpaired) electrons. The second kappa shape index (κ2) is 9.78. The molecule has 0 saturated carbocycles. The van der Waals surface area contributed by atoms with Crippen molar-refractivity contribution in [3.63, 3.8) is 0 Å². The van der Waals surface area contributed by atoms with Crippen LogP contribution in [0.15, 0.2) is 42.5 Å².